The quantitative estimate of drug-likeness (QED) is 0.0724. The van der Waals surface area contributed by atoms with Crippen LogP contribution in [0, 0.1) is 17.3 Å². The third kappa shape index (κ3) is 16.4. The zero-order valence-electron chi connectivity index (χ0n) is 28.2. The number of hydrogen-bond donors (Lipinski definition) is 6. The number of amides is 6. The van der Waals surface area contributed by atoms with Crippen LogP contribution >= 0.6 is 0 Å². The summed E-state index contributed by atoms with van der Waals surface area (Å²) in [5, 5.41) is 10.2. The molecular weight excluding hydrogens is 568 g/mol. The van der Waals surface area contributed by atoms with Crippen molar-refractivity contribution in [2.75, 3.05) is 40.3 Å². The molecule has 2 fully saturated rings. The zero-order chi connectivity index (χ0) is 34.6. The summed E-state index contributed by atoms with van der Waals surface area (Å²) < 4.78 is 0. The van der Waals surface area contributed by atoms with Gasteiger partial charge in [-0.05, 0) is 44.1 Å². The van der Waals surface area contributed by atoms with Gasteiger partial charge in [-0.2, -0.15) is 0 Å². The molecule has 0 spiro atoms. The molecule has 2 aliphatic rings. The van der Waals surface area contributed by atoms with Crippen LogP contribution in [0.5, 0.6) is 0 Å². The average Bonchev–Trinajstić information content (AvgIpc) is 3.58. The second-order valence-electron chi connectivity index (χ2n) is 11.8. The van der Waals surface area contributed by atoms with Crippen LogP contribution in [0.2, 0.25) is 0 Å². The van der Waals surface area contributed by atoms with Gasteiger partial charge >= 0.3 is 6.03 Å². The van der Waals surface area contributed by atoms with E-state index in [1.165, 1.54) is 24.8 Å². The number of nitrogens with one attached hydrogen (secondary N) is 4. The summed E-state index contributed by atoms with van der Waals surface area (Å²) in [6.45, 7) is 19.2. The van der Waals surface area contributed by atoms with Gasteiger partial charge in [0.15, 0.2) is 0 Å². The Labute approximate surface area is 263 Å². The smallest absolute Gasteiger partial charge is 0.315 e. The van der Waals surface area contributed by atoms with Crippen LogP contribution in [0.4, 0.5) is 4.79 Å². The number of fused-ring (bicyclic) bond motifs is 1. The van der Waals surface area contributed by atoms with Gasteiger partial charge in [0.25, 0.3) is 11.7 Å². The summed E-state index contributed by atoms with van der Waals surface area (Å²) in [6.07, 6.45) is 4.18. The van der Waals surface area contributed by atoms with Crippen LogP contribution in [0.15, 0.2) is 12.7 Å². The predicted molar refractivity (Wildman–Crippen MR) is 172 cm³/mol. The highest BCUT2D eigenvalue weighted by molar-refractivity contribution is 6.37. The molecule has 4 unspecified atom stereocenters. The van der Waals surface area contributed by atoms with E-state index in [1.807, 2.05) is 39.5 Å². The maximum Gasteiger partial charge on any atom is 0.315 e. The molecule has 5 atom stereocenters. The van der Waals surface area contributed by atoms with Crippen LogP contribution in [-0.4, -0.2) is 104 Å². The first-order chi connectivity index (χ1) is 20.6. The maximum atomic E-state index is 12.8. The lowest BCUT2D eigenvalue weighted by molar-refractivity contribution is -0.138. The molecule has 44 heavy (non-hydrogen) atoms. The lowest BCUT2D eigenvalue weighted by atomic mass is 9.86. The molecule has 0 radical (unpaired) electrons. The second kappa shape index (κ2) is 22.1. The van der Waals surface area contributed by atoms with Gasteiger partial charge in [0.2, 0.25) is 18.2 Å². The third-order valence-corrected chi connectivity index (χ3v) is 6.71. The molecule has 254 valence electrons. The number of rotatable bonds is 13. The van der Waals surface area contributed by atoms with E-state index in [1.54, 1.807) is 13.1 Å². The Morgan fingerprint density at radius 1 is 1.07 bits per heavy atom. The first-order valence-electron chi connectivity index (χ1n) is 15.1. The standard InChI is InChI=1S/C18H30N4O3.C8H15N3O3.C3H8.CH5N/c1-6-7-21(5)14(23)9-19-17(25)20-15(18(2,3)4)16(24)22-10-12-8-13(12)11-22;1-3-5(2)11-8(10-4-12)6(13)7(9)14;1-3-2;1-2/h6,12-13,15H,1,7-11H2,2-5H3,(H2,19,20,25);4-5,8,11H,3H2,1-2H3,(H2,9,14)(H,10,12);3H2,1-2H3;2H2,1H3/t12-,13?,15?;;;/m1.../s1. The molecule has 14 heteroatoms. The molecule has 14 nitrogen and oxygen atoms in total. The van der Waals surface area contributed by atoms with Gasteiger partial charge in [-0.25, -0.2) is 4.79 Å². The van der Waals surface area contributed by atoms with E-state index in [0.717, 1.165) is 19.5 Å². The van der Waals surface area contributed by atoms with Crippen molar-refractivity contribution in [2.45, 2.75) is 86.0 Å². The van der Waals surface area contributed by atoms with Gasteiger partial charge in [0.05, 0.1) is 6.54 Å². The van der Waals surface area contributed by atoms with Crippen molar-refractivity contribution in [1.29, 1.82) is 0 Å². The Morgan fingerprint density at radius 2 is 1.59 bits per heavy atom. The normalized spacial score (nSPS) is 17.9. The van der Waals surface area contributed by atoms with Crippen molar-refractivity contribution in [3.63, 3.8) is 0 Å². The van der Waals surface area contributed by atoms with E-state index in [2.05, 4.69) is 47.4 Å². The number of likely N-dealkylation sites (N-methyl/N-ethyl adjacent to an activating group) is 1. The van der Waals surface area contributed by atoms with Crippen molar-refractivity contribution >= 4 is 35.9 Å². The summed E-state index contributed by atoms with van der Waals surface area (Å²) in [5.41, 5.74) is 8.89. The molecule has 8 N–H and O–H groups in total. The first-order valence-corrected chi connectivity index (χ1v) is 15.1. The van der Waals surface area contributed by atoms with E-state index < -0.39 is 35.3 Å². The number of carbonyl (C=O) groups excluding carboxylic acids is 6. The Bertz CT molecular complexity index is 929. The zero-order valence-corrected chi connectivity index (χ0v) is 28.2. The number of urea groups is 1. The number of piperidine rings is 1. The Hall–Kier alpha value is -3.52. The second-order valence-corrected chi connectivity index (χ2v) is 11.8. The van der Waals surface area contributed by atoms with E-state index in [-0.39, 0.29) is 24.4 Å². The molecular formula is C30H58N8O6. The molecule has 1 saturated heterocycles. The molecule has 0 aromatic carbocycles. The summed E-state index contributed by atoms with van der Waals surface area (Å²) in [7, 11) is 3.14. The number of hydrogen-bond acceptors (Lipinski definition) is 8. The van der Waals surface area contributed by atoms with Gasteiger partial charge in [0.1, 0.15) is 12.2 Å². The highest BCUT2D eigenvalue weighted by Gasteiger charge is 2.48. The molecule has 1 aliphatic heterocycles. The summed E-state index contributed by atoms with van der Waals surface area (Å²) in [4.78, 5) is 72.1. The van der Waals surface area contributed by atoms with Crippen LogP contribution in [0.25, 0.3) is 0 Å². The summed E-state index contributed by atoms with van der Waals surface area (Å²) in [5.74, 6) is -0.872. The minimum absolute atomic E-state index is 0.00995. The number of likely N-dealkylation sites (tertiary alicyclic amines) is 1. The van der Waals surface area contributed by atoms with Gasteiger partial charge in [-0.3, -0.25) is 29.3 Å². The van der Waals surface area contributed by atoms with Gasteiger partial charge in [-0.1, -0.05) is 54.0 Å². The molecule has 2 rings (SSSR count). The fourth-order valence-electron chi connectivity index (χ4n) is 3.99. The molecule has 0 aromatic rings. The Morgan fingerprint density at radius 3 is 2.00 bits per heavy atom. The minimum Gasteiger partial charge on any atom is -0.363 e. The number of ketones is 1. The monoisotopic (exact) mass is 626 g/mol. The lowest BCUT2D eigenvalue weighted by Gasteiger charge is -2.34. The molecule has 1 heterocycles. The average molecular weight is 627 g/mol. The number of primary amides is 1. The minimum atomic E-state index is -1.07. The number of nitrogens with zero attached hydrogens (tertiary/aromatic N) is 2. The SMILES string of the molecule is C=CCN(C)C(=O)CNC(=O)NC(C(=O)N1CC2C[C@@H]2C1)C(C)(C)C.CCC.CCC(C)NC(NC=O)C(=O)C(N)=O.CN. The third-order valence-electron chi connectivity index (χ3n) is 6.71. The van der Waals surface area contributed by atoms with Gasteiger partial charge < -0.3 is 37.2 Å². The van der Waals surface area contributed by atoms with Crippen LogP contribution in [0.1, 0.15) is 67.7 Å². The fraction of sp³-hybridized carbons (Fsp3) is 0.733. The predicted octanol–water partition coefficient (Wildman–Crippen LogP) is 0.315. The van der Waals surface area contributed by atoms with Crippen molar-refractivity contribution in [2.24, 2.45) is 28.7 Å². The van der Waals surface area contributed by atoms with E-state index in [0.29, 0.717) is 24.8 Å². The largest absolute Gasteiger partial charge is 0.363 e. The highest BCUT2D eigenvalue weighted by atomic mass is 16.2. The number of Topliss-reactive ketones (excluding diaryl/α,β-unsaturated/α-hetero) is 1. The van der Waals surface area contributed by atoms with Crippen LogP contribution < -0.4 is 32.7 Å². The highest BCUT2D eigenvalue weighted by Crippen LogP contribution is 2.45. The molecule has 1 aliphatic carbocycles. The molecule has 6 amide bonds. The lowest BCUT2D eigenvalue weighted by Crippen LogP contribution is -2.57. The van der Waals surface area contributed by atoms with E-state index in [4.69, 9.17) is 5.73 Å². The van der Waals surface area contributed by atoms with Gasteiger partial charge in [0, 0.05) is 32.7 Å². The Balaban J connectivity index is 0. The summed E-state index contributed by atoms with van der Waals surface area (Å²) >= 11 is 0. The first kappa shape index (κ1) is 42.6. The van der Waals surface area contributed by atoms with E-state index >= 15 is 0 Å². The number of nitrogens with two attached hydrogens (primary N) is 2. The van der Waals surface area contributed by atoms with Crippen molar-refractivity contribution in [3.05, 3.63) is 12.7 Å². The van der Waals surface area contributed by atoms with Crippen molar-refractivity contribution in [1.82, 2.24) is 31.1 Å². The van der Waals surface area contributed by atoms with Crippen molar-refractivity contribution in [3.8, 4) is 0 Å². The van der Waals surface area contributed by atoms with Crippen molar-refractivity contribution < 1.29 is 28.8 Å². The van der Waals surface area contributed by atoms with Gasteiger partial charge in [-0.15, -0.1) is 6.58 Å². The van der Waals surface area contributed by atoms with Crippen LogP contribution in [0.3, 0.4) is 0 Å². The maximum absolute atomic E-state index is 12.8. The number of carbonyl (C=O) groups is 6. The molecule has 0 aromatic heterocycles. The van der Waals surface area contributed by atoms with Crippen LogP contribution in [-0.2, 0) is 24.0 Å². The molecule has 1 saturated carbocycles. The Kier molecular flexibility index (Phi) is 21.4. The van der Waals surface area contributed by atoms with E-state index in [9.17, 15) is 28.8 Å². The molecule has 0 bridgehead atoms. The fourth-order valence-corrected chi connectivity index (χ4v) is 3.99. The summed E-state index contributed by atoms with van der Waals surface area (Å²) in [6, 6.07) is -1.11. The topological polar surface area (TPSA) is 209 Å².